The molecule has 9 aromatic rings. The zero-order chi connectivity index (χ0) is 44.0. The quantitative estimate of drug-likeness (QED) is 0.147. The minimum absolute atomic E-state index is 0.0855. The van der Waals surface area contributed by atoms with E-state index in [9.17, 15) is 0 Å². The summed E-state index contributed by atoms with van der Waals surface area (Å²) in [7, 11) is 0. The summed E-state index contributed by atoms with van der Waals surface area (Å²) < 4.78 is 0. The molecule has 0 heterocycles. The van der Waals surface area contributed by atoms with Crippen molar-refractivity contribution in [1.82, 2.24) is 0 Å². The monoisotopic (exact) mass is 849 g/mol. The molecule has 5 aliphatic carbocycles. The number of nitrogens with zero attached hydrogens (tertiary/aromatic N) is 1. The third-order valence-corrected chi connectivity index (χ3v) is 16.4. The highest BCUT2D eigenvalue weighted by Gasteiger charge is 2.51. The molecule has 1 nitrogen and oxygen atoms in total. The predicted octanol–water partition coefficient (Wildman–Crippen LogP) is 17.8. The summed E-state index contributed by atoms with van der Waals surface area (Å²) in [6.45, 7) is 4.76. The van der Waals surface area contributed by atoms with Crippen molar-refractivity contribution in [2.45, 2.75) is 63.2 Å². The van der Waals surface area contributed by atoms with Gasteiger partial charge in [-0.1, -0.05) is 184 Å². The summed E-state index contributed by atoms with van der Waals surface area (Å²) >= 11 is 0. The number of hydrogen-bond acceptors (Lipinski definition) is 1. The Morgan fingerprint density at radius 2 is 0.788 bits per heavy atom. The van der Waals surface area contributed by atoms with Crippen molar-refractivity contribution in [2.24, 2.45) is 17.8 Å². The van der Waals surface area contributed by atoms with E-state index >= 15 is 0 Å². The van der Waals surface area contributed by atoms with E-state index in [-0.39, 0.29) is 5.41 Å². The van der Waals surface area contributed by atoms with Crippen molar-refractivity contribution in [3.05, 3.63) is 223 Å². The predicted molar refractivity (Wildman–Crippen MR) is 278 cm³/mol. The number of benzene rings is 9. The number of fused-ring (bicyclic) bond motifs is 4. The van der Waals surface area contributed by atoms with Gasteiger partial charge in [0.05, 0.1) is 0 Å². The molecule has 0 radical (unpaired) electrons. The SMILES string of the molecule is CC1(C)c2ccccc2-c2cccc(-c3ccc(N(c4ccc(-c5ccc(C67CC8CC(CC(C8)C6)C7)cc5)cc4)c4ccc(-c5cccc6cccc(-c7ccccc7)c56)cc4)cc3)c21. The molecule has 1 heteroatoms. The number of hydrogen-bond donors (Lipinski definition) is 0. The molecule has 5 aliphatic rings. The maximum Gasteiger partial charge on any atom is 0.0462 e. The molecule has 9 aromatic carbocycles. The zero-order valence-electron chi connectivity index (χ0n) is 38.1. The highest BCUT2D eigenvalue weighted by atomic mass is 15.1. The van der Waals surface area contributed by atoms with E-state index in [1.54, 1.807) is 5.56 Å². The van der Waals surface area contributed by atoms with E-state index in [1.165, 1.54) is 116 Å². The second-order valence-corrected chi connectivity index (χ2v) is 20.7. The standard InChI is InChI=1S/C65H55N/c1-64(2)61-20-7-6-15-59(61)60-19-10-18-58(63(60)64)50-27-35-55(36-28-50)66(54-33-25-49(26-34-54)57-17-9-14-51-13-8-16-56(62(51)57)48-11-4-3-5-12-48)53-31-23-47(24-32-53)46-21-29-52(30-22-46)65-40-43-37-44(41-65)39-45(38-43)42-65/h3-36,43-45H,37-42H2,1-2H3. The van der Waals surface area contributed by atoms with Crippen LogP contribution in [0.3, 0.4) is 0 Å². The summed E-state index contributed by atoms with van der Waals surface area (Å²) in [4.78, 5) is 2.42. The highest BCUT2D eigenvalue weighted by Crippen LogP contribution is 2.61. The average molecular weight is 850 g/mol. The van der Waals surface area contributed by atoms with Crippen LogP contribution in [-0.2, 0) is 10.8 Å². The summed E-state index contributed by atoms with van der Waals surface area (Å²) in [6, 6.07) is 77.4. The van der Waals surface area contributed by atoms with Crippen molar-refractivity contribution < 1.29 is 0 Å². The van der Waals surface area contributed by atoms with Crippen molar-refractivity contribution in [1.29, 1.82) is 0 Å². The summed E-state index contributed by atoms with van der Waals surface area (Å²) in [5, 5.41) is 2.53. The number of rotatable bonds is 8. The molecule has 320 valence electrons. The molecule has 0 spiro atoms. The molecular weight excluding hydrogens is 795 g/mol. The van der Waals surface area contributed by atoms with Crippen LogP contribution < -0.4 is 4.90 Å². The fourth-order valence-corrected chi connectivity index (χ4v) is 13.8. The van der Waals surface area contributed by atoms with Gasteiger partial charge in [-0.25, -0.2) is 0 Å². The van der Waals surface area contributed by atoms with Gasteiger partial charge in [0.1, 0.15) is 0 Å². The van der Waals surface area contributed by atoms with Crippen LogP contribution in [0, 0.1) is 17.8 Å². The molecule has 14 rings (SSSR count). The van der Waals surface area contributed by atoms with Gasteiger partial charge >= 0.3 is 0 Å². The second kappa shape index (κ2) is 15.3. The summed E-state index contributed by atoms with van der Waals surface area (Å²) in [5.74, 6) is 2.86. The largest absolute Gasteiger partial charge is 0.311 e. The summed E-state index contributed by atoms with van der Waals surface area (Å²) in [5.41, 5.74) is 20.9. The Morgan fingerprint density at radius 3 is 1.36 bits per heavy atom. The second-order valence-electron chi connectivity index (χ2n) is 20.7. The lowest BCUT2D eigenvalue weighted by Gasteiger charge is -2.57. The highest BCUT2D eigenvalue weighted by molar-refractivity contribution is 6.06. The minimum atomic E-state index is -0.0855. The Morgan fingerprint density at radius 1 is 0.364 bits per heavy atom. The van der Waals surface area contributed by atoms with E-state index in [1.807, 2.05) is 0 Å². The maximum absolute atomic E-state index is 2.48. The fraction of sp³-hybridized carbons (Fsp3) is 0.200. The van der Waals surface area contributed by atoms with Gasteiger partial charge in [-0.05, 0) is 181 Å². The van der Waals surface area contributed by atoms with E-state index in [0.29, 0.717) is 5.41 Å². The smallest absolute Gasteiger partial charge is 0.0462 e. The van der Waals surface area contributed by atoms with Gasteiger partial charge in [0.2, 0.25) is 0 Å². The van der Waals surface area contributed by atoms with E-state index < -0.39 is 0 Å². The normalized spacial score (nSPS) is 20.8. The molecule has 0 unspecified atom stereocenters. The maximum atomic E-state index is 2.48. The Kier molecular flexibility index (Phi) is 9.14. The van der Waals surface area contributed by atoms with Gasteiger partial charge in [-0.3, -0.25) is 0 Å². The first-order valence-electron chi connectivity index (χ1n) is 24.4. The average Bonchev–Trinajstić information content (AvgIpc) is 3.60. The third-order valence-electron chi connectivity index (χ3n) is 16.4. The molecule has 4 fully saturated rings. The van der Waals surface area contributed by atoms with Gasteiger partial charge in [0.25, 0.3) is 0 Å². The fourth-order valence-electron chi connectivity index (χ4n) is 13.8. The van der Waals surface area contributed by atoms with Gasteiger partial charge in [0, 0.05) is 22.5 Å². The molecule has 0 aliphatic heterocycles. The van der Waals surface area contributed by atoms with Gasteiger partial charge < -0.3 is 4.90 Å². The molecule has 0 N–H and O–H groups in total. The van der Waals surface area contributed by atoms with Crippen molar-refractivity contribution in [3.8, 4) is 55.6 Å². The lowest BCUT2D eigenvalue weighted by Crippen LogP contribution is -2.48. The van der Waals surface area contributed by atoms with Crippen LogP contribution in [0.15, 0.2) is 206 Å². The molecule has 4 bridgehead atoms. The van der Waals surface area contributed by atoms with Gasteiger partial charge in [-0.2, -0.15) is 0 Å². The van der Waals surface area contributed by atoms with E-state index in [4.69, 9.17) is 0 Å². The van der Waals surface area contributed by atoms with Crippen LogP contribution in [0.2, 0.25) is 0 Å². The third kappa shape index (κ3) is 6.42. The van der Waals surface area contributed by atoms with E-state index in [0.717, 1.165) is 34.8 Å². The Balaban J connectivity index is 0.865. The molecule has 0 atom stereocenters. The van der Waals surface area contributed by atoms with Crippen LogP contribution in [0.4, 0.5) is 17.1 Å². The Labute approximate surface area is 390 Å². The van der Waals surface area contributed by atoms with Crippen molar-refractivity contribution in [3.63, 3.8) is 0 Å². The van der Waals surface area contributed by atoms with Crippen LogP contribution in [0.5, 0.6) is 0 Å². The molecule has 66 heavy (non-hydrogen) atoms. The van der Waals surface area contributed by atoms with Crippen LogP contribution in [-0.4, -0.2) is 0 Å². The zero-order valence-corrected chi connectivity index (χ0v) is 38.1. The topological polar surface area (TPSA) is 3.24 Å². The molecular formula is C65H55N. The Bertz CT molecular complexity index is 3220. The van der Waals surface area contributed by atoms with E-state index in [2.05, 4.69) is 225 Å². The van der Waals surface area contributed by atoms with Crippen molar-refractivity contribution in [2.75, 3.05) is 4.90 Å². The molecule has 4 saturated carbocycles. The van der Waals surface area contributed by atoms with Crippen molar-refractivity contribution >= 4 is 27.8 Å². The lowest BCUT2D eigenvalue weighted by atomic mass is 9.48. The van der Waals surface area contributed by atoms with Gasteiger partial charge in [-0.15, -0.1) is 0 Å². The van der Waals surface area contributed by atoms with Crippen LogP contribution in [0.1, 0.15) is 69.1 Å². The lowest BCUT2D eigenvalue weighted by molar-refractivity contribution is -0.00518. The number of anilines is 3. The molecule has 0 amide bonds. The van der Waals surface area contributed by atoms with Crippen LogP contribution in [0.25, 0.3) is 66.4 Å². The van der Waals surface area contributed by atoms with Crippen LogP contribution >= 0.6 is 0 Å². The Hall–Kier alpha value is -6.96. The molecule has 0 saturated heterocycles. The van der Waals surface area contributed by atoms with Gasteiger partial charge in [0.15, 0.2) is 0 Å². The first-order valence-corrected chi connectivity index (χ1v) is 24.4. The molecule has 0 aromatic heterocycles. The first-order chi connectivity index (χ1) is 32.4. The minimum Gasteiger partial charge on any atom is -0.311 e. The summed E-state index contributed by atoms with van der Waals surface area (Å²) in [6.07, 6.45) is 8.66. The first kappa shape index (κ1) is 39.4.